The highest BCUT2D eigenvalue weighted by Gasteiger charge is 2.28. The largest absolute Gasteiger partial charge is 0.309 e. The lowest BCUT2D eigenvalue weighted by molar-refractivity contribution is 0.957. The van der Waals surface area contributed by atoms with E-state index in [1.165, 1.54) is 53.8 Å². The fourth-order valence-corrected chi connectivity index (χ4v) is 8.92. The van der Waals surface area contributed by atoms with Gasteiger partial charge in [0.15, 0.2) is 5.82 Å². The topological polar surface area (TPSA) is 30.7 Å². The quantitative estimate of drug-likeness (QED) is 0.193. The minimum atomic E-state index is 0.763. The molecule has 0 saturated heterocycles. The minimum absolute atomic E-state index is 0.763. The lowest BCUT2D eigenvalue weighted by Gasteiger charge is -2.18. The molecule has 0 unspecified atom stereocenters. The fraction of sp³-hybridized carbons (Fsp3) is 0.0909. The number of aryl methyl sites for hydroxylation is 2. The van der Waals surface area contributed by atoms with Crippen molar-refractivity contribution in [1.29, 1.82) is 0 Å². The molecule has 0 atom stereocenters. The Bertz CT molecular complexity index is 2640. The van der Waals surface area contributed by atoms with E-state index in [2.05, 4.69) is 144 Å². The Morgan fingerprint density at radius 3 is 2.10 bits per heavy atom. The molecule has 5 aromatic carbocycles. The number of hydrogen-bond donors (Lipinski definition) is 0. The Balaban J connectivity index is 1.10. The summed E-state index contributed by atoms with van der Waals surface area (Å²) in [5, 5.41) is 4.88. The first-order chi connectivity index (χ1) is 23.8. The van der Waals surface area contributed by atoms with Crippen molar-refractivity contribution in [3.63, 3.8) is 0 Å². The molecule has 0 amide bonds. The summed E-state index contributed by atoms with van der Waals surface area (Å²) in [5.74, 6) is 0.763. The summed E-state index contributed by atoms with van der Waals surface area (Å²) in [5.41, 5.74) is 12.2. The van der Waals surface area contributed by atoms with E-state index in [-0.39, 0.29) is 0 Å². The molecular formula is C44H31N3S. The third-order valence-corrected chi connectivity index (χ3v) is 11.2. The third kappa shape index (κ3) is 4.33. The lowest BCUT2D eigenvalue weighted by Crippen LogP contribution is -2.33. The predicted molar refractivity (Wildman–Crippen MR) is 201 cm³/mol. The number of thiophene rings is 1. The number of rotatable bonds is 4. The maximum Gasteiger partial charge on any atom is 0.160 e. The Labute approximate surface area is 282 Å². The first-order valence-corrected chi connectivity index (χ1v) is 17.6. The van der Waals surface area contributed by atoms with Crippen LogP contribution in [0.4, 0.5) is 0 Å². The van der Waals surface area contributed by atoms with Crippen molar-refractivity contribution in [3.8, 4) is 50.7 Å². The summed E-state index contributed by atoms with van der Waals surface area (Å²) in [6.45, 7) is 0. The van der Waals surface area contributed by atoms with Gasteiger partial charge < -0.3 is 4.57 Å². The molecule has 8 aromatic rings. The highest BCUT2D eigenvalue weighted by Crippen LogP contribution is 2.48. The first kappa shape index (κ1) is 27.5. The maximum atomic E-state index is 5.23. The van der Waals surface area contributed by atoms with Gasteiger partial charge in [0, 0.05) is 47.9 Å². The van der Waals surface area contributed by atoms with E-state index >= 15 is 0 Å². The van der Waals surface area contributed by atoms with Gasteiger partial charge in [-0.1, -0.05) is 103 Å². The van der Waals surface area contributed by atoms with Gasteiger partial charge in [0.1, 0.15) is 0 Å². The van der Waals surface area contributed by atoms with Crippen LogP contribution in [0, 0.1) is 0 Å². The van der Waals surface area contributed by atoms with Gasteiger partial charge in [-0.15, -0.1) is 11.3 Å². The van der Waals surface area contributed by atoms with Crippen LogP contribution in [0.5, 0.6) is 0 Å². The molecule has 3 heterocycles. The van der Waals surface area contributed by atoms with Crippen LogP contribution in [0.1, 0.15) is 23.3 Å². The van der Waals surface area contributed by atoms with Crippen LogP contribution in [-0.4, -0.2) is 14.5 Å². The molecule has 0 fully saturated rings. The van der Waals surface area contributed by atoms with E-state index in [4.69, 9.17) is 9.97 Å². The average molecular weight is 634 g/mol. The lowest BCUT2D eigenvalue weighted by atomic mass is 9.92. The van der Waals surface area contributed by atoms with Gasteiger partial charge in [-0.2, -0.15) is 0 Å². The van der Waals surface area contributed by atoms with E-state index in [1.807, 2.05) is 11.3 Å². The highest BCUT2D eigenvalue weighted by atomic mass is 32.1. The van der Waals surface area contributed by atoms with E-state index in [0.717, 1.165) is 64.6 Å². The minimum Gasteiger partial charge on any atom is -0.309 e. The highest BCUT2D eigenvalue weighted by molar-refractivity contribution is 7.19. The summed E-state index contributed by atoms with van der Waals surface area (Å²) in [6, 6.07) is 46.0. The van der Waals surface area contributed by atoms with Crippen molar-refractivity contribution in [3.05, 3.63) is 148 Å². The molecule has 3 aromatic heterocycles. The van der Waals surface area contributed by atoms with Crippen LogP contribution in [0.3, 0.4) is 0 Å². The molecular weight excluding hydrogens is 603 g/mol. The number of hydrogen-bond acceptors (Lipinski definition) is 3. The van der Waals surface area contributed by atoms with Gasteiger partial charge in [0.05, 0.1) is 22.3 Å². The number of benzene rings is 5. The molecule has 48 heavy (non-hydrogen) atoms. The van der Waals surface area contributed by atoms with E-state index < -0.39 is 0 Å². The SMILES string of the molecule is C1=c2nc(-c3ccc(-n4c5c(c6ccccc64)CCc4sc6ccccc6c4-5)cc3)nc(-c3ccc(-c4ccccc4)cc3)c2=CCC1. The van der Waals surface area contributed by atoms with Crippen molar-refractivity contribution >= 4 is 44.5 Å². The number of nitrogens with zero attached hydrogens (tertiary/aromatic N) is 3. The Morgan fingerprint density at radius 1 is 0.562 bits per heavy atom. The molecule has 0 bridgehead atoms. The molecule has 0 saturated carbocycles. The second-order valence-electron chi connectivity index (χ2n) is 12.7. The van der Waals surface area contributed by atoms with E-state index in [9.17, 15) is 0 Å². The molecule has 0 radical (unpaired) electrons. The summed E-state index contributed by atoms with van der Waals surface area (Å²) in [6.07, 6.45) is 8.72. The number of aromatic nitrogens is 3. The van der Waals surface area contributed by atoms with E-state index in [0.29, 0.717) is 0 Å². The van der Waals surface area contributed by atoms with Crippen LogP contribution in [0.25, 0.3) is 83.9 Å². The van der Waals surface area contributed by atoms with Gasteiger partial charge in [0.2, 0.25) is 0 Å². The Morgan fingerprint density at radius 2 is 1.25 bits per heavy atom. The second kappa shape index (κ2) is 11.0. The predicted octanol–water partition coefficient (Wildman–Crippen LogP) is 9.76. The van der Waals surface area contributed by atoms with Crippen molar-refractivity contribution < 1.29 is 0 Å². The smallest absolute Gasteiger partial charge is 0.160 e. The van der Waals surface area contributed by atoms with Crippen molar-refractivity contribution in [2.24, 2.45) is 0 Å². The first-order valence-electron chi connectivity index (χ1n) is 16.8. The molecule has 10 rings (SSSR count). The third-order valence-electron chi connectivity index (χ3n) is 9.96. The van der Waals surface area contributed by atoms with Crippen LogP contribution < -0.4 is 10.6 Å². The maximum absolute atomic E-state index is 5.23. The molecule has 3 nitrogen and oxygen atoms in total. The average Bonchev–Trinajstić information content (AvgIpc) is 3.71. The van der Waals surface area contributed by atoms with Gasteiger partial charge >= 0.3 is 0 Å². The standard InChI is InChI=1S/C44H31N3S/c1-2-10-28(11-3-1)29-18-20-30(21-19-29)42-35-13-4-7-15-37(35)45-44(46-42)31-22-24-32(25-23-31)47-38-16-8-5-12-33(38)34-26-27-40-41(43(34)47)36-14-6-9-17-39(36)48-40/h1-3,5-6,8-25H,4,7,26-27H2. The van der Waals surface area contributed by atoms with Crippen LogP contribution >= 0.6 is 11.3 Å². The normalized spacial score (nSPS) is 13.4. The van der Waals surface area contributed by atoms with Crippen molar-refractivity contribution in [2.45, 2.75) is 25.7 Å². The molecule has 4 heteroatoms. The summed E-state index contributed by atoms with van der Waals surface area (Å²) in [4.78, 5) is 11.8. The van der Waals surface area contributed by atoms with Gasteiger partial charge in [0.25, 0.3) is 0 Å². The van der Waals surface area contributed by atoms with Crippen LogP contribution in [-0.2, 0) is 12.8 Å². The number of para-hydroxylation sites is 1. The van der Waals surface area contributed by atoms with Crippen molar-refractivity contribution in [1.82, 2.24) is 14.5 Å². The summed E-state index contributed by atoms with van der Waals surface area (Å²) >= 11 is 1.95. The molecule has 0 spiro atoms. The Kier molecular flexibility index (Phi) is 6.31. The Hall–Kier alpha value is -5.58. The molecule has 2 aliphatic rings. The van der Waals surface area contributed by atoms with Crippen LogP contribution in [0.15, 0.2) is 127 Å². The zero-order valence-corrected chi connectivity index (χ0v) is 27.2. The van der Waals surface area contributed by atoms with Crippen LogP contribution in [0.2, 0.25) is 0 Å². The van der Waals surface area contributed by atoms with Gasteiger partial charge in [-0.05, 0) is 78.8 Å². The fourth-order valence-electron chi connectivity index (χ4n) is 7.71. The van der Waals surface area contributed by atoms with Crippen molar-refractivity contribution in [2.75, 3.05) is 0 Å². The van der Waals surface area contributed by atoms with E-state index in [1.54, 1.807) is 0 Å². The molecule has 2 aliphatic carbocycles. The summed E-state index contributed by atoms with van der Waals surface area (Å²) in [7, 11) is 0. The molecule has 0 aliphatic heterocycles. The monoisotopic (exact) mass is 633 g/mol. The summed E-state index contributed by atoms with van der Waals surface area (Å²) < 4.78 is 3.86. The molecule has 228 valence electrons. The second-order valence-corrected chi connectivity index (χ2v) is 13.9. The zero-order chi connectivity index (χ0) is 31.6. The molecule has 0 N–H and O–H groups in total. The zero-order valence-electron chi connectivity index (χ0n) is 26.4. The number of fused-ring (bicyclic) bond motifs is 8. The van der Waals surface area contributed by atoms with Gasteiger partial charge in [-0.25, -0.2) is 9.97 Å². The van der Waals surface area contributed by atoms with Gasteiger partial charge in [-0.3, -0.25) is 0 Å².